The molecule has 3 N–H and O–H groups in total. The van der Waals surface area contributed by atoms with Gasteiger partial charge in [0.15, 0.2) is 0 Å². The molecule has 1 saturated heterocycles. The Morgan fingerprint density at radius 1 is 1.38 bits per heavy atom. The summed E-state index contributed by atoms with van der Waals surface area (Å²) in [4.78, 5) is 2.29. The van der Waals surface area contributed by atoms with Crippen LogP contribution in [0.3, 0.4) is 0 Å². The van der Waals surface area contributed by atoms with Gasteiger partial charge >= 0.3 is 0 Å². The highest BCUT2D eigenvalue weighted by Crippen LogP contribution is 2.24. The van der Waals surface area contributed by atoms with Crippen LogP contribution in [0.1, 0.15) is 24.5 Å². The first-order chi connectivity index (χ1) is 7.66. The minimum atomic E-state index is -0.437. The lowest BCUT2D eigenvalue weighted by Crippen LogP contribution is -2.25. The van der Waals surface area contributed by atoms with E-state index in [4.69, 9.17) is 5.73 Å². The van der Waals surface area contributed by atoms with Gasteiger partial charge in [0.05, 0.1) is 6.10 Å². The van der Waals surface area contributed by atoms with Crippen molar-refractivity contribution in [1.82, 2.24) is 4.90 Å². The van der Waals surface area contributed by atoms with Crippen molar-refractivity contribution in [3.8, 4) is 0 Å². The minimum absolute atomic E-state index is 0.437. The molecule has 0 radical (unpaired) electrons. The van der Waals surface area contributed by atoms with Gasteiger partial charge in [-0.3, -0.25) is 0 Å². The number of aliphatic hydroxyl groups excluding tert-OH is 1. The smallest absolute Gasteiger partial charge is 0.0917 e. The number of aliphatic hydroxyl groups is 1. The Hall–Kier alpha value is -0.580. The molecular weight excluding hydrogens is 268 g/mol. The van der Waals surface area contributed by atoms with Crippen molar-refractivity contribution in [2.75, 3.05) is 25.4 Å². The third-order valence-corrected chi connectivity index (χ3v) is 3.76. The van der Waals surface area contributed by atoms with Crippen LogP contribution < -0.4 is 5.73 Å². The van der Waals surface area contributed by atoms with E-state index in [1.807, 2.05) is 18.2 Å². The van der Waals surface area contributed by atoms with Crippen molar-refractivity contribution in [3.05, 3.63) is 28.2 Å². The summed E-state index contributed by atoms with van der Waals surface area (Å²) in [6.45, 7) is 2.91. The van der Waals surface area contributed by atoms with Gasteiger partial charge in [0.1, 0.15) is 0 Å². The van der Waals surface area contributed by atoms with Crippen LogP contribution in [0.2, 0.25) is 0 Å². The maximum Gasteiger partial charge on any atom is 0.0917 e. The topological polar surface area (TPSA) is 49.5 Å². The molecule has 3 nitrogen and oxygen atoms in total. The second-order valence-corrected chi connectivity index (χ2v) is 5.16. The molecule has 2 rings (SSSR count). The Morgan fingerprint density at radius 2 is 2.06 bits per heavy atom. The summed E-state index contributed by atoms with van der Waals surface area (Å²) in [7, 11) is 0. The molecule has 1 fully saturated rings. The number of benzene rings is 1. The van der Waals surface area contributed by atoms with Crippen LogP contribution in [0, 0.1) is 0 Å². The van der Waals surface area contributed by atoms with Gasteiger partial charge in [-0.15, -0.1) is 0 Å². The predicted molar refractivity (Wildman–Crippen MR) is 69.2 cm³/mol. The fourth-order valence-corrected chi connectivity index (χ4v) is 2.33. The zero-order chi connectivity index (χ0) is 11.5. The maximum absolute atomic E-state index is 10.1. The highest BCUT2D eigenvalue weighted by Gasteiger charge is 2.17. The van der Waals surface area contributed by atoms with Crippen LogP contribution >= 0.6 is 15.9 Å². The molecular formula is C12H17BrN2O. The molecule has 1 aromatic rings. The van der Waals surface area contributed by atoms with E-state index < -0.39 is 6.10 Å². The first-order valence-corrected chi connectivity index (χ1v) is 6.41. The second kappa shape index (κ2) is 5.17. The second-order valence-electron chi connectivity index (χ2n) is 4.30. The lowest BCUT2D eigenvalue weighted by Gasteiger charge is -2.19. The molecule has 0 amide bonds. The standard InChI is InChI=1S/C12H17BrN2O/c13-10-4-3-9(7-11(10)14)12(16)8-15-5-1-2-6-15/h3-4,7,12,16H,1-2,5-6,8,14H2. The Kier molecular flexibility index (Phi) is 3.84. The van der Waals surface area contributed by atoms with Crippen molar-refractivity contribution in [2.24, 2.45) is 0 Å². The van der Waals surface area contributed by atoms with Gasteiger partial charge in [-0.05, 0) is 59.6 Å². The van der Waals surface area contributed by atoms with E-state index in [0.717, 1.165) is 23.1 Å². The van der Waals surface area contributed by atoms with E-state index in [0.29, 0.717) is 12.2 Å². The van der Waals surface area contributed by atoms with Gasteiger partial charge in [-0.25, -0.2) is 0 Å². The van der Waals surface area contributed by atoms with Crippen LogP contribution in [0.5, 0.6) is 0 Å². The molecule has 4 heteroatoms. The van der Waals surface area contributed by atoms with Crippen molar-refractivity contribution in [2.45, 2.75) is 18.9 Å². The number of hydrogen-bond donors (Lipinski definition) is 2. The molecule has 0 bridgehead atoms. The molecule has 88 valence electrons. The molecule has 1 atom stereocenters. The van der Waals surface area contributed by atoms with Crippen molar-refractivity contribution < 1.29 is 5.11 Å². The highest BCUT2D eigenvalue weighted by molar-refractivity contribution is 9.10. The minimum Gasteiger partial charge on any atom is -0.398 e. The summed E-state index contributed by atoms with van der Waals surface area (Å²) in [6.07, 6.45) is 2.05. The van der Waals surface area contributed by atoms with Crippen LogP contribution in [0.15, 0.2) is 22.7 Å². The van der Waals surface area contributed by atoms with E-state index in [1.165, 1.54) is 12.8 Å². The normalized spacial score (nSPS) is 18.9. The molecule has 16 heavy (non-hydrogen) atoms. The lowest BCUT2D eigenvalue weighted by atomic mass is 10.1. The molecule has 1 heterocycles. The fraction of sp³-hybridized carbons (Fsp3) is 0.500. The van der Waals surface area contributed by atoms with Gasteiger partial charge in [0.25, 0.3) is 0 Å². The van der Waals surface area contributed by atoms with Gasteiger partial charge in [-0.2, -0.15) is 0 Å². The summed E-state index contributed by atoms with van der Waals surface area (Å²) in [6, 6.07) is 5.64. The van der Waals surface area contributed by atoms with E-state index in [9.17, 15) is 5.11 Å². The highest BCUT2D eigenvalue weighted by atomic mass is 79.9. The molecule has 1 aliphatic rings. The number of nitrogens with zero attached hydrogens (tertiary/aromatic N) is 1. The summed E-state index contributed by atoms with van der Waals surface area (Å²) >= 11 is 3.35. The monoisotopic (exact) mass is 284 g/mol. The third-order valence-electron chi connectivity index (χ3n) is 3.03. The SMILES string of the molecule is Nc1cc(C(O)CN2CCCC2)ccc1Br. The van der Waals surface area contributed by atoms with Gasteiger partial charge in [0.2, 0.25) is 0 Å². The Balaban J connectivity index is 2.02. The van der Waals surface area contributed by atoms with Crippen molar-refractivity contribution in [3.63, 3.8) is 0 Å². The summed E-state index contributed by atoms with van der Waals surface area (Å²) < 4.78 is 0.879. The zero-order valence-corrected chi connectivity index (χ0v) is 10.8. The molecule has 1 aliphatic heterocycles. The predicted octanol–water partition coefficient (Wildman–Crippen LogP) is 2.16. The Labute approximate surface area is 104 Å². The van der Waals surface area contributed by atoms with Crippen LogP contribution in [0.25, 0.3) is 0 Å². The van der Waals surface area contributed by atoms with Gasteiger partial charge < -0.3 is 15.7 Å². The largest absolute Gasteiger partial charge is 0.398 e. The van der Waals surface area contributed by atoms with E-state index in [2.05, 4.69) is 20.8 Å². The van der Waals surface area contributed by atoms with E-state index >= 15 is 0 Å². The molecule has 1 unspecified atom stereocenters. The average Bonchev–Trinajstić information content (AvgIpc) is 2.74. The Morgan fingerprint density at radius 3 is 2.69 bits per heavy atom. The molecule has 0 aromatic heterocycles. The number of halogens is 1. The number of rotatable bonds is 3. The molecule has 0 saturated carbocycles. The van der Waals surface area contributed by atoms with Gasteiger partial charge in [0, 0.05) is 16.7 Å². The number of anilines is 1. The number of hydrogen-bond acceptors (Lipinski definition) is 3. The Bertz CT molecular complexity index is 364. The van der Waals surface area contributed by atoms with Gasteiger partial charge in [-0.1, -0.05) is 6.07 Å². The van der Waals surface area contributed by atoms with E-state index in [-0.39, 0.29) is 0 Å². The maximum atomic E-state index is 10.1. The summed E-state index contributed by atoms with van der Waals surface area (Å²) in [5.41, 5.74) is 7.37. The number of likely N-dealkylation sites (tertiary alicyclic amines) is 1. The fourth-order valence-electron chi connectivity index (χ4n) is 2.08. The first-order valence-electron chi connectivity index (χ1n) is 5.62. The van der Waals surface area contributed by atoms with E-state index in [1.54, 1.807) is 0 Å². The summed E-state index contributed by atoms with van der Waals surface area (Å²) in [5, 5.41) is 10.1. The molecule has 0 aliphatic carbocycles. The first kappa shape index (κ1) is 11.9. The van der Waals surface area contributed by atoms with Crippen molar-refractivity contribution in [1.29, 1.82) is 0 Å². The molecule has 1 aromatic carbocycles. The quantitative estimate of drug-likeness (QED) is 0.837. The zero-order valence-electron chi connectivity index (χ0n) is 9.19. The van der Waals surface area contributed by atoms with Crippen molar-refractivity contribution >= 4 is 21.6 Å². The van der Waals surface area contributed by atoms with Crippen LogP contribution in [0.4, 0.5) is 5.69 Å². The third kappa shape index (κ3) is 2.75. The lowest BCUT2D eigenvalue weighted by molar-refractivity contribution is 0.126. The van der Waals surface area contributed by atoms with Crippen LogP contribution in [-0.4, -0.2) is 29.6 Å². The number of nitrogen functional groups attached to an aromatic ring is 1. The molecule has 0 spiro atoms. The van der Waals surface area contributed by atoms with Crippen LogP contribution in [-0.2, 0) is 0 Å². The summed E-state index contributed by atoms with van der Waals surface area (Å²) in [5.74, 6) is 0. The number of nitrogens with two attached hydrogens (primary N) is 1. The number of β-amino-alcohol motifs (C(OH)–C–C–N with tert-alkyl or cyclic N) is 1. The average molecular weight is 285 g/mol.